The van der Waals surface area contributed by atoms with Crippen molar-refractivity contribution in [2.24, 2.45) is 0 Å². The lowest BCUT2D eigenvalue weighted by atomic mass is 9.83. The molecule has 1 fully saturated rings. The molecule has 0 bridgehead atoms. The van der Waals surface area contributed by atoms with Crippen molar-refractivity contribution in [1.29, 1.82) is 0 Å². The summed E-state index contributed by atoms with van der Waals surface area (Å²) in [6.45, 7) is 4.20. The van der Waals surface area contributed by atoms with Gasteiger partial charge in [0, 0.05) is 12.0 Å². The van der Waals surface area contributed by atoms with Gasteiger partial charge in [-0.25, -0.2) is 4.98 Å². The fourth-order valence-electron chi connectivity index (χ4n) is 2.91. The molecule has 0 aliphatic heterocycles. The molecule has 2 aromatic rings. The molecule has 116 valence electrons. The zero-order valence-corrected chi connectivity index (χ0v) is 13.1. The van der Waals surface area contributed by atoms with Crippen LogP contribution in [-0.4, -0.2) is 14.7 Å². The topological polar surface area (TPSA) is 55.1 Å². The Kier molecular flexibility index (Phi) is 4.12. The maximum atomic E-state index is 12.2. The number of hydrogen-bond donors (Lipinski definition) is 1. The molecule has 1 heterocycles. The zero-order chi connectivity index (χ0) is 15.7. The van der Waals surface area contributed by atoms with Crippen LogP contribution in [0.3, 0.4) is 0 Å². The maximum Gasteiger partial charge on any atom is 0.253 e. The second-order valence-corrected chi connectivity index (χ2v) is 6.31. The van der Waals surface area contributed by atoms with Crippen LogP contribution in [0.15, 0.2) is 35.4 Å². The van der Waals surface area contributed by atoms with E-state index < -0.39 is 6.10 Å². The number of aliphatic hydroxyl groups excluding tert-OH is 1. The molecule has 4 heteroatoms. The van der Waals surface area contributed by atoms with Gasteiger partial charge < -0.3 is 5.11 Å². The summed E-state index contributed by atoms with van der Waals surface area (Å²) >= 11 is 0. The molecule has 0 amide bonds. The Bertz CT molecular complexity index is 732. The quantitative estimate of drug-likeness (QED) is 0.944. The lowest BCUT2D eigenvalue weighted by molar-refractivity contribution is 0.153. The molecule has 1 N–H and O–H groups in total. The molecule has 0 spiro atoms. The summed E-state index contributed by atoms with van der Waals surface area (Å²) in [5, 5.41) is 10.5. The van der Waals surface area contributed by atoms with E-state index in [4.69, 9.17) is 0 Å². The van der Waals surface area contributed by atoms with Crippen molar-refractivity contribution in [2.75, 3.05) is 0 Å². The van der Waals surface area contributed by atoms with Gasteiger partial charge >= 0.3 is 0 Å². The summed E-state index contributed by atoms with van der Waals surface area (Å²) in [6.07, 6.45) is 4.35. The molecule has 1 aliphatic carbocycles. The molecular weight excluding hydrogens is 276 g/mol. The average Bonchev–Trinajstić information content (AvgIpc) is 2.42. The van der Waals surface area contributed by atoms with E-state index in [1.807, 2.05) is 32.0 Å². The summed E-state index contributed by atoms with van der Waals surface area (Å²) in [6, 6.07) is 7.61. The lowest BCUT2D eigenvalue weighted by Gasteiger charge is -2.24. The van der Waals surface area contributed by atoms with Crippen molar-refractivity contribution in [3.8, 4) is 0 Å². The Morgan fingerprint density at radius 1 is 1.32 bits per heavy atom. The minimum Gasteiger partial charge on any atom is -0.387 e. The minimum atomic E-state index is -0.700. The molecular formula is C18H22N2O2. The molecule has 0 saturated heterocycles. The second kappa shape index (κ2) is 6.05. The first-order valence-corrected chi connectivity index (χ1v) is 7.86. The first-order chi connectivity index (χ1) is 10.5. The van der Waals surface area contributed by atoms with Crippen LogP contribution in [0, 0.1) is 13.8 Å². The van der Waals surface area contributed by atoms with E-state index in [1.54, 1.807) is 12.4 Å². The summed E-state index contributed by atoms with van der Waals surface area (Å²) < 4.78 is 1.49. The molecule has 1 atom stereocenters. The highest BCUT2D eigenvalue weighted by molar-refractivity contribution is 5.32. The van der Waals surface area contributed by atoms with Crippen molar-refractivity contribution >= 4 is 0 Å². The Morgan fingerprint density at radius 2 is 2.09 bits per heavy atom. The number of aliphatic hydroxyl groups is 1. The van der Waals surface area contributed by atoms with E-state index in [0.717, 1.165) is 35.2 Å². The van der Waals surface area contributed by atoms with Crippen molar-refractivity contribution in [2.45, 2.75) is 51.7 Å². The largest absolute Gasteiger partial charge is 0.387 e. The number of aromatic nitrogens is 2. The maximum absolute atomic E-state index is 12.2. The van der Waals surface area contributed by atoms with Gasteiger partial charge in [-0.15, -0.1) is 0 Å². The van der Waals surface area contributed by atoms with Crippen LogP contribution in [0.1, 0.15) is 53.7 Å². The predicted molar refractivity (Wildman–Crippen MR) is 86.0 cm³/mol. The Labute approximate surface area is 130 Å². The molecule has 1 aliphatic rings. The standard InChI is InChI=1S/C18H22N2O2/c1-12-6-7-13(2)15(8-12)17(21)10-20-11-19-16(9-18(20)22)14-4-3-5-14/h6-9,11,14,17,21H,3-5,10H2,1-2H3. The third-order valence-corrected chi connectivity index (χ3v) is 4.59. The van der Waals surface area contributed by atoms with Gasteiger partial charge in [0.15, 0.2) is 0 Å². The van der Waals surface area contributed by atoms with Gasteiger partial charge in [-0.3, -0.25) is 9.36 Å². The molecule has 1 unspecified atom stereocenters. The van der Waals surface area contributed by atoms with Crippen LogP contribution < -0.4 is 5.56 Å². The van der Waals surface area contributed by atoms with Crippen molar-refractivity contribution < 1.29 is 5.11 Å². The summed E-state index contributed by atoms with van der Waals surface area (Å²) in [7, 11) is 0. The monoisotopic (exact) mass is 298 g/mol. The van der Waals surface area contributed by atoms with Gasteiger partial charge in [0.1, 0.15) is 0 Å². The van der Waals surface area contributed by atoms with Crippen molar-refractivity contribution in [3.05, 3.63) is 63.3 Å². The lowest BCUT2D eigenvalue weighted by Crippen LogP contribution is -2.25. The normalized spacial score (nSPS) is 16.3. The third kappa shape index (κ3) is 2.97. The SMILES string of the molecule is Cc1ccc(C)c(C(O)Cn2cnc(C3CCC3)cc2=O)c1. The molecule has 22 heavy (non-hydrogen) atoms. The summed E-state index contributed by atoms with van der Waals surface area (Å²) in [4.78, 5) is 16.6. The Hall–Kier alpha value is -1.94. The third-order valence-electron chi connectivity index (χ3n) is 4.59. The van der Waals surface area contributed by atoms with Gasteiger partial charge in [0.2, 0.25) is 0 Å². The number of rotatable bonds is 4. The highest BCUT2D eigenvalue weighted by Gasteiger charge is 2.21. The highest BCUT2D eigenvalue weighted by Crippen LogP contribution is 2.34. The van der Waals surface area contributed by atoms with Gasteiger partial charge in [-0.2, -0.15) is 0 Å². The van der Waals surface area contributed by atoms with Crippen LogP contribution in [0.5, 0.6) is 0 Å². The molecule has 4 nitrogen and oxygen atoms in total. The zero-order valence-electron chi connectivity index (χ0n) is 13.1. The van der Waals surface area contributed by atoms with Crippen molar-refractivity contribution in [3.63, 3.8) is 0 Å². The fourth-order valence-corrected chi connectivity index (χ4v) is 2.91. The first kappa shape index (κ1) is 15.0. The van der Waals surface area contributed by atoms with E-state index in [2.05, 4.69) is 4.98 Å². The van der Waals surface area contributed by atoms with E-state index in [1.165, 1.54) is 11.0 Å². The average molecular weight is 298 g/mol. The van der Waals surface area contributed by atoms with Gasteiger partial charge in [0.25, 0.3) is 5.56 Å². The van der Waals surface area contributed by atoms with E-state index in [9.17, 15) is 9.90 Å². The van der Waals surface area contributed by atoms with Crippen molar-refractivity contribution in [1.82, 2.24) is 9.55 Å². The smallest absolute Gasteiger partial charge is 0.253 e. The van der Waals surface area contributed by atoms with Crippen LogP contribution in [0.4, 0.5) is 0 Å². The van der Waals surface area contributed by atoms with Gasteiger partial charge in [-0.1, -0.05) is 30.2 Å². The molecule has 1 aromatic heterocycles. The molecule has 1 aromatic carbocycles. The minimum absolute atomic E-state index is 0.0822. The molecule has 3 rings (SSSR count). The summed E-state index contributed by atoms with van der Waals surface area (Å²) in [5.41, 5.74) is 3.82. The van der Waals surface area contributed by atoms with Crippen LogP contribution in [0.25, 0.3) is 0 Å². The molecule has 1 saturated carbocycles. The number of hydrogen-bond acceptors (Lipinski definition) is 3. The Balaban J connectivity index is 1.80. The van der Waals surface area contributed by atoms with Crippen LogP contribution in [0.2, 0.25) is 0 Å². The Morgan fingerprint density at radius 3 is 2.73 bits per heavy atom. The molecule has 0 radical (unpaired) electrons. The summed E-state index contributed by atoms with van der Waals surface area (Å²) in [5.74, 6) is 0.450. The number of nitrogens with zero attached hydrogens (tertiary/aromatic N) is 2. The fraction of sp³-hybridized carbons (Fsp3) is 0.444. The van der Waals surface area contributed by atoms with Crippen LogP contribution in [-0.2, 0) is 6.54 Å². The van der Waals surface area contributed by atoms with E-state index >= 15 is 0 Å². The second-order valence-electron chi connectivity index (χ2n) is 6.31. The number of benzene rings is 1. The number of aryl methyl sites for hydroxylation is 2. The van der Waals surface area contributed by atoms with Gasteiger partial charge in [-0.05, 0) is 37.8 Å². The first-order valence-electron chi connectivity index (χ1n) is 7.86. The van der Waals surface area contributed by atoms with E-state index in [0.29, 0.717) is 5.92 Å². The highest BCUT2D eigenvalue weighted by atomic mass is 16.3. The van der Waals surface area contributed by atoms with Gasteiger partial charge in [0.05, 0.1) is 24.7 Å². The van der Waals surface area contributed by atoms with E-state index in [-0.39, 0.29) is 12.1 Å². The van der Waals surface area contributed by atoms with Crippen LogP contribution >= 0.6 is 0 Å². The predicted octanol–water partition coefficient (Wildman–Crippen LogP) is 2.86.